The van der Waals surface area contributed by atoms with Crippen molar-refractivity contribution in [1.29, 1.82) is 0 Å². The summed E-state index contributed by atoms with van der Waals surface area (Å²) >= 11 is 1.49. The molecule has 0 radical (unpaired) electrons. The molecule has 0 spiro atoms. The van der Waals surface area contributed by atoms with Crippen LogP contribution < -0.4 is 10.1 Å². The quantitative estimate of drug-likeness (QED) is 0.545. The van der Waals surface area contributed by atoms with Gasteiger partial charge in [-0.1, -0.05) is 24.3 Å². The van der Waals surface area contributed by atoms with Crippen molar-refractivity contribution < 1.29 is 4.74 Å². The smallest absolute Gasteiger partial charge is 0.294 e. The van der Waals surface area contributed by atoms with E-state index in [9.17, 15) is 0 Å². The third-order valence-electron chi connectivity index (χ3n) is 1.70. The molecule has 0 unspecified atom stereocenters. The first-order valence-electron chi connectivity index (χ1n) is 5.13. The van der Waals surface area contributed by atoms with Crippen molar-refractivity contribution in [2.24, 2.45) is 0 Å². The Bertz CT molecular complexity index is 288. The molecule has 0 bridgehead atoms. The maximum Gasteiger partial charge on any atom is 0.294 e. The van der Waals surface area contributed by atoms with E-state index in [-0.39, 0.29) is 0 Å². The van der Waals surface area contributed by atoms with Gasteiger partial charge >= 0.3 is 0 Å². The monoisotopic (exact) mass is 227 g/mol. The van der Waals surface area contributed by atoms with Gasteiger partial charge in [0.2, 0.25) is 0 Å². The molecular weight excluding hydrogens is 210 g/mol. The fraction of sp³-hybridized carbons (Fsp3) is 0.600. The molecule has 1 N–H and O–H groups in total. The summed E-state index contributed by atoms with van der Waals surface area (Å²) in [5, 5.41) is 12.8. The third-order valence-corrected chi connectivity index (χ3v) is 2.53. The van der Waals surface area contributed by atoms with Crippen LogP contribution in [0.2, 0.25) is 0 Å². The number of nitrogens with zero attached hydrogens (tertiary/aromatic N) is 2. The fourth-order valence-corrected chi connectivity index (χ4v) is 1.65. The highest BCUT2D eigenvalue weighted by Gasteiger charge is 2.03. The highest BCUT2D eigenvalue weighted by atomic mass is 32.1. The molecule has 0 aliphatic heterocycles. The summed E-state index contributed by atoms with van der Waals surface area (Å²) < 4.78 is 5.38. The second kappa shape index (κ2) is 7.36. The fourth-order valence-electron chi connectivity index (χ4n) is 0.970. The number of rotatable bonds is 8. The largest absolute Gasteiger partial charge is 0.469 e. The van der Waals surface area contributed by atoms with Crippen LogP contribution in [-0.4, -0.2) is 23.3 Å². The van der Waals surface area contributed by atoms with Crippen LogP contribution >= 0.6 is 11.3 Å². The molecule has 1 aromatic rings. The Morgan fingerprint density at radius 3 is 3.13 bits per heavy atom. The van der Waals surface area contributed by atoms with E-state index in [1.54, 1.807) is 0 Å². The van der Waals surface area contributed by atoms with Crippen LogP contribution in [0.15, 0.2) is 12.7 Å². The van der Waals surface area contributed by atoms with Gasteiger partial charge in [0, 0.05) is 6.54 Å². The summed E-state index contributed by atoms with van der Waals surface area (Å²) in [6.45, 7) is 8.17. The number of hydrogen-bond donors (Lipinski definition) is 1. The molecule has 5 heteroatoms. The van der Waals surface area contributed by atoms with Gasteiger partial charge in [0.25, 0.3) is 5.19 Å². The topological polar surface area (TPSA) is 47.0 Å². The van der Waals surface area contributed by atoms with Crippen molar-refractivity contribution in [2.45, 2.75) is 26.3 Å². The standard InChI is InChI=1S/C10H17N3OS/c1-3-5-7-14-10-13-12-9(15-10)8-11-6-4-2/h3,11H,1,4-8H2,2H3. The van der Waals surface area contributed by atoms with E-state index in [0.717, 1.165) is 30.9 Å². The van der Waals surface area contributed by atoms with Crippen LogP contribution in [0, 0.1) is 0 Å². The zero-order chi connectivity index (χ0) is 10.9. The minimum absolute atomic E-state index is 0.626. The summed E-state index contributed by atoms with van der Waals surface area (Å²) in [5.41, 5.74) is 0. The van der Waals surface area contributed by atoms with Gasteiger partial charge in [-0.25, -0.2) is 0 Å². The van der Waals surface area contributed by atoms with Gasteiger partial charge in [-0.3, -0.25) is 0 Å². The van der Waals surface area contributed by atoms with Crippen LogP contribution in [0.1, 0.15) is 24.8 Å². The summed E-state index contributed by atoms with van der Waals surface area (Å²) in [4.78, 5) is 0. The van der Waals surface area contributed by atoms with Crippen LogP contribution in [0.4, 0.5) is 0 Å². The molecular formula is C10H17N3OS. The lowest BCUT2D eigenvalue weighted by Crippen LogP contribution is -2.13. The molecule has 4 nitrogen and oxygen atoms in total. The summed E-state index contributed by atoms with van der Waals surface area (Å²) in [6, 6.07) is 0. The second-order valence-corrected chi connectivity index (χ2v) is 4.09. The Balaban J connectivity index is 2.25. The van der Waals surface area contributed by atoms with E-state index in [2.05, 4.69) is 29.0 Å². The van der Waals surface area contributed by atoms with Gasteiger partial charge in [-0.05, 0) is 19.4 Å². The van der Waals surface area contributed by atoms with Crippen LogP contribution in [-0.2, 0) is 6.54 Å². The average Bonchev–Trinajstić information content (AvgIpc) is 2.67. The Hall–Kier alpha value is -0.940. The van der Waals surface area contributed by atoms with Crippen molar-refractivity contribution in [1.82, 2.24) is 15.5 Å². The SMILES string of the molecule is C=CCCOc1nnc(CNCCC)s1. The second-order valence-electron chi connectivity index (χ2n) is 3.06. The minimum atomic E-state index is 0.626. The Kier molecular flexibility index (Phi) is 5.96. The molecule has 0 atom stereocenters. The lowest BCUT2D eigenvalue weighted by atomic mass is 10.5. The van der Waals surface area contributed by atoms with Gasteiger partial charge in [-0.2, -0.15) is 0 Å². The van der Waals surface area contributed by atoms with Crippen molar-refractivity contribution in [3.05, 3.63) is 17.7 Å². The molecule has 1 aromatic heterocycles. The lowest BCUT2D eigenvalue weighted by molar-refractivity contribution is 0.320. The Labute approximate surface area is 94.4 Å². The molecule has 1 rings (SSSR count). The number of aromatic nitrogens is 2. The highest BCUT2D eigenvalue weighted by Crippen LogP contribution is 2.17. The minimum Gasteiger partial charge on any atom is -0.469 e. The molecule has 84 valence electrons. The normalized spacial score (nSPS) is 10.2. The van der Waals surface area contributed by atoms with Crippen LogP contribution in [0.3, 0.4) is 0 Å². The van der Waals surface area contributed by atoms with E-state index in [4.69, 9.17) is 4.74 Å². The predicted octanol–water partition coefficient (Wildman–Crippen LogP) is 1.99. The number of ether oxygens (including phenoxy) is 1. The van der Waals surface area contributed by atoms with E-state index in [1.807, 2.05) is 6.08 Å². The van der Waals surface area contributed by atoms with Crippen molar-refractivity contribution in [2.75, 3.05) is 13.2 Å². The molecule has 1 heterocycles. The number of hydrogen-bond acceptors (Lipinski definition) is 5. The molecule has 0 fully saturated rings. The molecule has 0 aromatic carbocycles. The van der Waals surface area contributed by atoms with Crippen molar-refractivity contribution in [3.63, 3.8) is 0 Å². The van der Waals surface area contributed by atoms with Crippen LogP contribution in [0.25, 0.3) is 0 Å². The molecule has 0 saturated heterocycles. The van der Waals surface area contributed by atoms with Gasteiger partial charge in [0.1, 0.15) is 5.01 Å². The molecule has 0 amide bonds. The van der Waals surface area contributed by atoms with Gasteiger partial charge in [0.05, 0.1) is 6.61 Å². The zero-order valence-corrected chi connectivity index (χ0v) is 9.85. The van der Waals surface area contributed by atoms with E-state index < -0.39 is 0 Å². The maximum absolute atomic E-state index is 5.38. The highest BCUT2D eigenvalue weighted by molar-refractivity contribution is 7.13. The van der Waals surface area contributed by atoms with Crippen molar-refractivity contribution >= 4 is 11.3 Å². The van der Waals surface area contributed by atoms with E-state index in [0.29, 0.717) is 11.8 Å². The number of nitrogens with one attached hydrogen (secondary N) is 1. The summed E-state index contributed by atoms with van der Waals surface area (Å²) in [5.74, 6) is 0. The van der Waals surface area contributed by atoms with E-state index in [1.165, 1.54) is 11.3 Å². The predicted molar refractivity (Wildman–Crippen MR) is 62.2 cm³/mol. The molecule has 0 saturated carbocycles. The first kappa shape index (κ1) is 12.1. The summed E-state index contributed by atoms with van der Waals surface area (Å²) in [7, 11) is 0. The summed E-state index contributed by atoms with van der Waals surface area (Å²) in [6.07, 6.45) is 3.79. The van der Waals surface area contributed by atoms with Gasteiger partial charge in [-0.15, -0.1) is 16.8 Å². The van der Waals surface area contributed by atoms with Crippen molar-refractivity contribution in [3.8, 4) is 5.19 Å². The van der Waals surface area contributed by atoms with Crippen LogP contribution in [0.5, 0.6) is 5.19 Å². The van der Waals surface area contributed by atoms with Gasteiger partial charge in [0.15, 0.2) is 0 Å². The molecule has 0 aliphatic carbocycles. The van der Waals surface area contributed by atoms with E-state index >= 15 is 0 Å². The maximum atomic E-state index is 5.38. The first-order chi connectivity index (χ1) is 7.36. The zero-order valence-electron chi connectivity index (χ0n) is 9.03. The Morgan fingerprint density at radius 2 is 2.40 bits per heavy atom. The third kappa shape index (κ3) is 4.90. The van der Waals surface area contributed by atoms with Gasteiger partial charge < -0.3 is 10.1 Å². The molecule has 15 heavy (non-hydrogen) atoms. The molecule has 0 aliphatic rings. The first-order valence-corrected chi connectivity index (χ1v) is 5.95. The Morgan fingerprint density at radius 1 is 1.53 bits per heavy atom. The average molecular weight is 227 g/mol. The lowest BCUT2D eigenvalue weighted by Gasteiger charge is -1.97.